The van der Waals surface area contributed by atoms with Crippen LogP contribution in [-0.2, 0) is 16.1 Å². The predicted octanol–water partition coefficient (Wildman–Crippen LogP) is 6.16. The number of carbonyl (C=O) groups excluding carboxylic acids is 3. The molecule has 6 nitrogen and oxygen atoms in total. The van der Waals surface area contributed by atoms with Gasteiger partial charge in [-0.1, -0.05) is 29.8 Å². The van der Waals surface area contributed by atoms with Crippen molar-refractivity contribution in [1.82, 2.24) is 9.47 Å². The molecule has 1 saturated heterocycles. The van der Waals surface area contributed by atoms with E-state index in [2.05, 4.69) is 0 Å². The Morgan fingerprint density at radius 2 is 1.79 bits per heavy atom. The molecule has 0 bridgehead atoms. The highest BCUT2D eigenvalue weighted by molar-refractivity contribution is 8.18. The quantitative estimate of drug-likeness (QED) is 0.303. The van der Waals surface area contributed by atoms with Crippen LogP contribution in [0.4, 0.5) is 4.79 Å². The maximum atomic E-state index is 13.0. The topological polar surface area (TPSA) is 68.6 Å². The van der Waals surface area contributed by atoms with Gasteiger partial charge >= 0.3 is 5.97 Å². The monoisotopic (exact) mass is 494 g/mol. The van der Waals surface area contributed by atoms with Gasteiger partial charge < -0.3 is 9.30 Å². The smallest absolute Gasteiger partial charge is 0.338 e. The lowest BCUT2D eigenvalue weighted by Gasteiger charge is -2.13. The molecule has 0 aliphatic carbocycles. The predicted molar refractivity (Wildman–Crippen MR) is 134 cm³/mol. The van der Waals surface area contributed by atoms with Crippen LogP contribution in [0, 0.1) is 13.8 Å². The minimum absolute atomic E-state index is 0.132. The molecule has 1 aliphatic heterocycles. The molecule has 2 aromatic carbocycles. The summed E-state index contributed by atoms with van der Waals surface area (Å²) in [5.74, 6) is -0.693. The van der Waals surface area contributed by atoms with Gasteiger partial charge in [-0.3, -0.25) is 14.5 Å². The van der Waals surface area contributed by atoms with Gasteiger partial charge in [0.05, 0.1) is 23.6 Å². The number of esters is 1. The van der Waals surface area contributed by atoms with Crippen molar-refractivity contribution in [2.75, 3.05) is 6.61 Å². The first kappa shape index (κ1) is 23.9. The van der Waals surface area contributed by atoms with Gasteiger partial charge in [-0.25, -0.2) is 4.79 Å². The Kier molecular flexibility index (Phi) is 6.95. The maximum Gasteiger partial charge on any atom is 0.338 e. The molecule has 174 valence electrons. The minimum Gasteiger partial charge on any atom is -0.462 e. The van der Waals surface area contributed by atoms with E-state index in [1.807, 2.05) is 42.7 Å². The van der Waals surface area contributed by atoms with E-state index in [9.17, 15) is 14.4 Å². The molecule has 4 rings (SSSR count). The van der Waals surface area contributed by atoms with Crippen molar-refractivity contribution < 1.29 is 19.1 Å². The van der Waals surface area contributed by atoms with Gasteiger partial charge in [0.15, 0.2) is 0 Å². The molecule has 8 heteroatoms. The fraction of sp³-hybridized carbons (Fsp3) is 0.192. The number of ether oxygens (including phenoxy) is 1. The molecule has 0 unspecified atom stereocenters. The van der Waals surface area contributed by atoms with E-state index in [0.717, 1.165) is 40.0 Å². The number of halogens is 1. The maximum absolute atomic E-state index is 13.0. The fourth-order valence-corrected chi connectivity index (χ4v) is 4.89. The third-order valence-electron chi connectivity index (χ3n) is 5.55. The Morgan fingerprint density at radius 1 is 1.09 bits per heavy atom. The van der Waals surface area contributed by atoms with Crippen LogP contribution in [0.1, 0.15) is 39.8 Å². The summed E-state index contributed by atoms with van der Waals surface area (Å²) in [6, 6.07) is 16.3. The SMILES string of the molecule is CCOC(=O)c1ccc(-n2c(C)cc(/C=C3\SC(=O)N(Cc4ccccc4Cl)C3=O)c2C)cc1. The number of hydrogen-bond acceptors (Lipinski definition) is 5. The highest BCUT2D eigenvalue weighted by Crippen LogP contribution is 2.35. The molecule has 1 aliphatic rings. The van der Waals surface area contributed by atoms with Crippen molar-refractivity contribution in [3.63, 3.8) is 0 Å². The number of aryl methyl sites for hydroxylation is 1. The Balaban J connectivity index is 1.59. The zero-order valence-electron chi connectivity index (χ0n) is 19.0. The molecular weight excluding hydrogens is 472 g/mol. The molecule has 0 N–H and O–H groups in total. The highest BCUT2D eigenvalue weighted by atomic mass is 35.5. The van der Waals surface area contributed by atoms with E-state index in [1.165, 1.54) is 4.90 Å². The van der Waals surface area contributed by atoms with E-state index in [4.69, 9.17) is 16.3 Å². The first-order valence-corrected chi connectivity index (χ1v) is 11.9. The molecular formula is C26H23ClN2O4S. The van der Waals surface area contributed by atoms with Gasteiger partial charge in [0.25, 0.3) is 11.1 Å². The lowest BCUT2D eigenvalue weighted by molar-refractivity contribution is -0.123. The Morgan fingerprint density at radius 3 is 2.47 bits per heavy atom. The van der Waals surface area contributed by atoms with E-state index in [0.29, 0.717) is 22.1 Å². The number of hydrogen-bond donors (Lipinski definition) is 0. The van der Waals surface area contributed by atoms with Crippen LogP contribution in [-0.4, -0.2) is 33.2 Å². The Labute approximate surface area is 207 Å². The molecule has 1 fully saturated rings. The summed E-state index contributed by atoms with van der Waals surface area (Å²) in [6.07, 6.45) is 1.75. The Hall–Kier alpha value is -3.29. The second kappa shape index (κ2) is 9.91. The molecule has 0 atom stereocenters. The number of rotatable bonds is 6. The van der Waals surface area contributed by atoms with Gasteiger partial charge in [0.1, 0.15) is 0 Å². The van der Waals surface area contributed by atoms with Crippen LogP contribution >= 0.6 is 23.4 Å². The molecule has 0 radical (unpaired) electrons. The first-order chi connectivity index (χ1) is 16.3. The summed E-state index contributed by atoms with van der Waals surface area (Å²) in [5.41, 5.74) is 4.81. The number of thioether (sulfide) groups is 1. The van der Waals surface area contributed by atoms with E-state index in [1.54, 1.807) is 43.3 Å². The number of benzene rings is 2. The zero-order valence-corrected chi connectivity index (χ0v) is 20.6. The first-order valence-electron chi connectivity index (χ1n) is 10.8. The van der Waals surface area contributed by atoms with Crippen molar-refractivity contribution in [2.24, 2.45) is 0 Å². The van der Waals surface area contributed by atoms with E-state index in [-0.39, 0.29) is 23.7 Å². The average molecular weight is 495 g/mol. The van der Waals surface area contributed by atoms with Crippen LogP contribution in [0.3, 0.4) is 0 Å². The van der Waals surface area contributed by atoms with E-state index >= 15 is 0 Å². The average Bonchev–Trinajstić information content (AvgIpc) is 3.24. The zero-order chi connectivity index (χ0) is 24.4. The van der Waals surface area contributed by atoms with Gasteiger partial charge in [0.2, 0.25) is 0 Å². The Bertz CT molecular complexity index is 1310. The molecule has 3 aromatic rings. The largest absolute Gasteiger partial charge is 0.462 e. The highest BCUT2D eigenvalue weighted by Gasteiger charge is 2.35. The minimum atomic E-state index is -0.358. The molecule has 2 heterocycles. The summed E-state index contributed by atoms with van der Waals surface area (Å²) in [7, 11) is 0. The normalized spacial score (nSPS) is 14.8. The lowest BCUT2D eigenvalue weighted by atomic mass is 10.2. The summed E-state index contributed by atoms with van der Waals surface area (Å²) in [4.78, 5) is 39.1. The van der Waals surface area contributed by atoms with Gasteiger partial charge in [-0.2, -0.15) is 0 Å². The summed E-state index contributed by atoms with van der Waals surface area (Å²) < 4.78 is 7.08. The van der Waals surface area contributed by atoms with Crippen molar-refractivity contribution in [2.45, 2.75) is 27.3 Å². The molecule has 0 saturated carbocycles. The summed E-state index contributed by atoms with van der Waals surface area (Å²) >= 11 is 7.13. The number of imide groups is 1. The second-order valence-corrected chi connectivity index (χ2v) is 9.19. The fourth-order valence-electron chi connectivity index (χ4n) is 3.87. The number of carbonyl (C=O) groups is 3. The van der Waals surface area contributed by atoms with Crippen molar-refractivity contribution in [1.29, 1.82) is 0 Å². The number of nitrogens with zero attached hydrogens (tertiary/aromatic N) is 2. The van der Waals surface area contributed by atoms with Gasteiger partial charge in [0, 0.05) is 22.1 Å². The van der Waals surface area contributed by atoms with Crippen molar-refractivity contribution in [3.05, 3.63) is 92.6 Å². The van der Waals surface area contributed by atoms with Gasteiger partial charge in [-0.05, 0) is 86.1 Å². The van der Waals surface area contributed by atoms with Crippen LogP contribution in [0.2, 0.25) is 5.02 Å². The van der Waals surface area contributed by atoms with Crippen LogP contribution in [0.25, 0.3) is 11.8 Å². The number of amides is 2. The van der Waals surface area contributed by atoms with Gasteiger partial charge in [-0.15, -0.1) is 0 Å². The number of aromatic nitrogens is 1. The molecule has 2 amide bonds. The second-order valence-electron chi connectivity index (χ2n) is 7.79. The molecule has 1 aromatic heterocycles. The van der Waals surface area contributed by atoms with E-state index < -0.39 is 0 Å². The van der Waals surface area contributed by atoms with Crippen molar-refractivity contribution in [3.8, 4) is 5.69 Å². The van der Waals surface area contributed by atoms with Crippen LogP contribution in [0.5, 0.6) is 0 Å². The molecule has 34 heavy (non-hydrogen) atoms. The summed E-state index contributed by atoms with van der Waals surface area (Å²) in [5, 5.41) is 0.197. The standard InChI is InChI=1S/C26H23ClN2O4S/c1-4-33-25(31)18-9-11-21(12-10-18)29-16(2)13-20(17(29)3)14-23-24(30)28(26(32)34-23)15-19-7-5-6-8-22(19)27/h5-14H,4,15H2,1-3H3/b23-14-. The summed E-state index contributed by atoms with van der Waals surface area (Å²) in [6.45, 7) is 6.14. The lowest BCUT2D eigenvalue weighted by Crippen LogP contribution is -2.27. The third kappa shape index (κ3) is 4.67. The van der Waals surface area contributed by atoms with Crippen molar-refractivity contribution >= 4 is 46.6 Å². The van der Waals surface area contributed by atoms with Crippen LogP contribution < -0.4 is 0 Å². The van der Waals surface area contributed by atoms with Crippen LogP contribution in [0.15, 0.2) is 59.5 Å². The third-order valence-corrected chi connectivity index (χ3v) is 6.83. The molecule has 0 spiro atoms.